The van der Waals surface area contributed by atoms with Gasteiger partial charge in [0.05, 0.1) is 12.4 Å². The quantitative estimate of drug-likeness (QED) is 0.830. The van der Waals surface area contributed by atoms with Gasteiger partial charge in [-0.1, -0.05) is 0 Å². The smallest absolute Gasteiger partial charge is 0.0537 e. The first-order valence-electron chi connectivity index (χ1n) is 5.97. The van der Waals surface area contributed by atoms with Crippen molar-refractivity contribution in [2.45, 2.75) is 39.4 Å². The van der Waals surface area contributed by atoms with Gasteiger partial charge in [-0.3, -0.25) is 9.78 Å². The van der Waals surface area contributed by atoms with Gasteiger partial charge < -0.3 is 5.32 Å². The molecule has 5 heteroatoms. The Kier molecular flexibility index (Phi) is 3.58. The van der Waals surface area contributed by atoms with Crippen molar-refractivity contribution >= 4 is 0 Å². The van der Waals surface area contributed by atoms with Crippen LogP contribution in [0, 0.1) is 0 Å². The summed E-state index contributed by atoms with van der Waals surface area (Å²) in [5.74, 6) is 0. The Bertz CT molecular complexity index is 445. The lowest BCUT2D eigenvalue weighted by Crippen LogP contribution is -2.21. The van der Waals surface area contributed by atoms with Crippen molar-refractivity contribution in [1.82, 2.24) is 25.3 Å². The van der Waals surface area contributed by atoms with Crippen molar-refractivity contribution in [1.29, 1.82) is 0 Å². The van der Waals surface area contributed by atoms with Gasteiger partial charge in [0, 0.05) is 42.1 Å². The van der Waals surface area contributed by atoms with E-state index in [0.717, 1.165) is 6.54 Å². The summed E-state index contributed by atoms with van der Waals surface area (Å²) in [7, 11) is 0. The summed E-state index contributed by atoms with van der Waals surface area (Å²) in [6.45, 7) is 7.27. The fourth-order valence-corrected chi connectivity index (χ4v) is 1.84. The molecule has 0 aromatic carbocycles. The number of aromatic nitrogens is 4. The van der Waals surface area contributed by atoms with Gasteiger partial charge >= 0.3 is 0 Å². The van der Waals surface area contributed by atoms with Gasteiger partial charge in [0.25, 0.3) is 0 Å². The molecule has 0 spiro atoms. The number of aromatic amines is 1. The van der Waals surface area contributed by atoms with Gasteiger partial charge in [-0.25, -0.2) is 0 Å². The SMILES string of the molecule is CCn1cc(C(C)NC(C)c2cn[nH]c2)cn1. The molecule has 0 aliphatic rings. The molecule has 0 saturated heterocycles. The van der Waals surface area contributed by atoms with Crippen LogP contribution in [0.25, 0.3) is 0 Å². The van der Waals surface area contributed by atoms with Crippen LogP contribution < -0.4 is 5.32 Å². The number of aryl methyl sites for hydroxylation is 1. The maximum atomic E-state index is 4.28. The standard InChI is InChI=1S/C12H19N5/c1-4-17-8-12(7-15-17)10(3)16-9(2)11-5-13-14-6-11/h5-10,16H,4H2,1-3H3,(H,13,14). The maximum absolute atomic E-state index is 4.28. The van der Waals surface area contributed by atoms with E-state index in [0.29, 0.717) is 0 Å². The van der Waals surface area contributed by atoms with Gasteiger partial charge in [-0.05, 0) is 20.8 Å². The van der Waals surface area contributed by atoms with Crippen molar-refractivity contribution in [3.05, 3.63) is 35.9 Å². The van der Waals surface area contributed by atoms with E-state index in [1.165, 1.54) is 11.1 Å². The first-order valence-corrected chi connectivity index (χ1v) is 5.97. The van der Waals surface area contributed by atoms with Crippen LogP contribution in [-0.4, -0.2) is 20.0 Å². The van der Waals surface area contributed by atoms with E-state index in [1.54, 1.807) is 0 Å². The molecule has 2 aromatic heterocycles. The molecule has 17 heavy (non-hydrogen) atoms. The minimum absolute atomic E-state index is 0.272. The van der Waals surface area contributed by atoms with Crippen LogP contribution in [0.4, 0.5) is 0 Å². The molecule has 92 valence electrons. The van der Waals surface area contributed by atoms with Gasteiger partial charge in [0.1, 0.15) is 0 Å². The van der Waals surface area contributed by atoms with E-state index in [9.17, 15) is 0 Å². The summed E-state index contributed by atoms with van der Waals surface area (Å²) < 4.78 is 1.94. The van der Waals surface area contributed by atoms with Crippen molar-refractivity contribution < 1.29 is 0 Å². The Balaban J connectivity index is 1.99. The minimum Gasteiger partial charge on any atom is -0.303 e. The highest BCUT2D eigenvalue weighted by molar-refractivity contribution is 5.13. The summed E-state index contributed by atoms with van der Waals surface area (Å²) in [6.07, 6.45) is 7.77. The van der Waals surface area contributed by atoms with Crippen molar-refractivity contribution in [2.24, 2.45) is 0 Å². The second-order valence-corrected chi connectivity index (χ2v) is 4.27. The van der Waals surface area contributed by atoms with Gasteiger partial charge in [-0.15, -0.1) is 0 Å². The molecule has 0 saturated carbocycles. The molecule has 2 heterocycles. The van der Waals surface area contributed by atoms with Crippen LogP contribution in [0.15, 0.2) is 24.8 Å². The van der Waals surface area contributed by atoms with Gasteiger partial charge in [0.2, 0.25) is 0 Å². The number of rotatable bonds is 5. The van der Waals surface area contributed by atoms with Crippen molar-refractivity contribution in [2.75, 3.05) is 0 Å². The number of hydrogen-bond donors (Lipinski definition) is 2. The molecule has 0 amide bonds. The van der Waals surface area contributed by atoms with Crippen LogP contribution in [0.5, 0.6) is 0 Å². The summed E-state index contributed by atoms with van der Waals surface area (Å²) in [6, 6.07) is 0.550. The lowest BCUT2D eigenvalue weighted by molar-refractivity contribution is 0.494. The Morgan fingerprint density at radius 3 is 2.65 bits per heavy atom. The Labute approximate surface area is 101 Å². The average molecular weight is 233 g/mol. The van der Waals surface area contributed by atoms with E-state index >= 15 is 0 Å². The monoisotopic (exact) mass is 233 g/mol. The first kappa shape index (κ1) is 11.9. The largest absolute Gasteiger partial charge is 0.303 e. The molecule has 0 aliphatic heterocycles. The average Bonchev–Trinajstić information content (AvgIpc) is 3.00. The van der Waals surface area contributed by atoms with Crippen LogP contribution in [0.1, 0.15) is 44.0 Å². The predicted molar refractivity (Wildman–Crippen MR) is 66.5 cm³/mol. The molecule has 0 radical (unpaired) electrons. The lowest BCUT2D eigenvalue weighted by atomic mass is 10.1. The Hall–Kier alpha value is -1.62. The second-order valence-electron chi connectivity index (χ2n) is 4.27. The highest BCUT2D eigenvalue weighted by Crippen LogP contribution is 2.17. The third kappa shape index (κ3) is 2.74. The Morgan fingerprint density at radius 2 is 2.06 bits per heavy atom. The third-order valence-corrected chi connectivity index (χ3v) is 3.00. The third-order valence-electron chi connectivity index (χ3n) is 3.00. The predicted octanol–water partition coefficient (Wildman–Crippen LogP) is 2.04. The van der Waals surface area contributed by atoms with Crippen LogP contribution in [0.3, 0.4) is 0 Å². The highest BCUT2D eigenvalue weighted by Gasteiger charge is 2.13. The van der Waals surface area contributed by atoms with Gasteiger partial charge in [-0.2, -0.15) is 10.2 Å². The molecular weight excluding hydrogens is 214 g/mol. The topological polar surface area (TPSA) is 58.5 Å². The molecule has 2 unspecified atom stereocenters. The lowest BCUT2D eigenvalue weighted by Gasteiger charge is -2.17. The summed E-state index contributed by atoms with van der Waals surface area (Å²) >= 11 is 0. The fourth-order valence-electron chi connectivity index (χ4n) is 1.84. The molecule has 0 aliphatic carbocycles. The summed E-state index contributed by atoms with van der Waals surface area (Å²) in [4.78, 5) is 0. The zero-order valence-corrected chi connectivity index (χ0v) is 10.5. The van der Waals surface area contributed by atoms with E-state index in [1.807, 2.05) is 23.3 Å². The highest BCUT2D eigenvalue weighted by atomic mass is 15.3. The molecule has 5 nitrogen and oxygen atoms in total. The zero-order chi connectivity index (χ0) is 12.3. The van der Waals surface area contributed by atoms with Crippen molar-refractivity contribution in [3.63, 3.8) is 0 Å². The molecular formula is C12H19N5. The fraction of sp³-hybridized carbons (Fsp3) is 0.500. The second kappa shape index (κ2) is 5.14. The number of nitrogens with one attached hydrogen (secondary N) is 2. The summed E-state index contributed by atoms with van der Waals surface area (Å²) in [5.41, 5.74) is 2.38. The van der Waals surface area contributed by atoms with Gasteiger partial charge in [0.15, 0.2) is 0 Å². The number of nitrogens with zero attached hydrogens (tertiary/aromatic N) is 3. The first-order chi connectivity index (χ1) is 8.20. The van der Waals surface area contributed by atoms with E-state index < -0.39 is 0 Å². The molecule has 2 atom stereocenters. The minimum atomic E-state index is 0.272. The van der Waals surface area contributed by atoms with E-state index in [-0.39, 0.29) is 12.1 Å². The van der Waals surface area contributed by atoms with Crippen LogP contribution in [-0.2, 0) is 6.54 Å². The molecule has 2 rings (SSSR count). The number of hydrogen-bond acceptors (Lipinski definition) is 3. The molecule has 2 N–H and O–H groups in total. The maximum Gasteiger partial charge on any atom is 0.0537 e. The summed E-state index contributed by atoms with van der Waals surface area (Å²) in [5, 5.41) is 14.6. The Morgan fingerprint density at radius 1 is 1.29 bits per heavy atom. The molecule has 0 bridgehead atoms. The zero-order valence-electron chi connectivity index (χ0n) is 10.5. The normalized spacial score (nSPS) is 14.8. The van der Waals surface area contributed by atoms with Crippen LogP contribution in [0.2, 0.25) is 0 Å². The van der Waals surface area contributed by atoms with E-state index in [2.05, 4.69) is 47.6 Å². The van der Waals surface area contributed by atoms with Crippen molar-refractivity contribution in [3.8, 4) is 0 Å². The molecule has 2 aromatic rings. The van der Waals surface area contributed by atoms with Crippen LogP contribution >= 0.6 is 0 Å². The number of H-pyrrole nitrogens is 1. The van der Waals surface area contributed by atoms with E-state index in [4.69, 9.17) is 0 Å². The molecule has 0 fully saturated rings.